The summed E-state index contributed by atoms with van der Waals surface area (Å²) in [5.41, 5.74) is 0.759. The number of benzene rings is 1. The van der Waals surface area contributed by atoms with Gasteiger partial charge in [0.2, 0.25) is 0 Å². The van der Waals surface area contributed by atoms with E-state index in [9.17, 15) is 8.78 Å². The van der Waals surface area contributed by atoms with Gasteiger partial charge in [0.05, 0.1) is 0 Å². The van der Waals surface area contributed by atoms with E-state index in [2.05, 4.69) is 20.8 Å². The van der Waals surface area contributed by atoms with E-state index in [0.29, 0.717) is 12.0 Å². The molecule has 1 nitrogen and oxygen atoms in total. The number of hydrogen-bond donors (Lipinski definition) is 0. The maximum Gasteiger partial charge on any atom is 0.192 e. The Balaban J connectivity index is 2.00. The Morgan fingerprint density at radius 1 is 0.962 bits per heavy atom. The van der Waals surface area contributed by atoms with Gasteiger partial charge in [-0.2, -0.15) is 0 Å². The normalized spacial score (nSPS) is 17.4. The highest BCUT2D eigenvalue weighted by molar-refractivity contribution is 6.73. The average Bonchev–Trinajstić information content (AvgIpc) is 2.65. The summed E-state index contributed by atoms with van der Waals surface area (Å²) >= 11 is 0. The summed E-state index contributed by atoms with van der Waals surface area (Å²) in [7, 11) is -1.63. The van der Waals surface area contributed by atoms with E-state index in [1.54, 1.807) is 0 Å². The lowest BCUT2D eigenvalue weighted by Gasteiger charge is -2.38. The third kappa shape index (κ3) is 6.16. The Hall–Kier alpha value is -0.743. The zero-order chi connectivity index (χ0) is 19.0. The van der Waals surface area contributed by atoms with Gasteiger partial charge >= 0.3 is 0 Å². The van der Waals surface area contributed by atoms with Crippen molar-refractivity contribution in [3.8, 4) is 0 Å². The Bertz CT molecular complexity index is 510. The predicted molar refractivity (Wildman–Crippen MR) is 108 cm³/mol. The first-order valence-corrected chi connectivity index (χ1v) is 13.2. The van der Waals surface area contributed by atoms with Crippen molar-refractivity contribution >= 4 is 8.32 Å². The van der Waals surface area contributed by atoms with Crippen LogP contribution >= 0.6 is 0 Å². The van der Waals surface area contributed by atoms with Gasteiger partial charge in [-0.15, -0.1) is 0 Å². The minimum atomic E-state index is -1.63. The van der Waals surface area contributed by atoms with E-state index in [4.69, 9.17) is 4.43 Å². The van der Waals surface area contributed by atoms with Crippen molar-refractivity contribution in [3.63, 3.8) is 0 Å². The Kier molecular flexibility index (Phi) is 8.75. The molecule has 0 aromatic heterocycles. The second-order valence-corrected chi connectivity index (χ2v) is 12.7. The molecular formula is C22H36F2OSi. The van der Waals surface area contributed by atoms with E-state index in [1.165, 1.54) is 62.4 Å². The molecule has 0 radical (unpaired) electrons. The lowest BCUT2D eigenvalue weighted by molar-refractivity contribution is 0.0871. The molecule has 148 valence electrons. The summed E-state index contributed by atoms with van der Waals surface area (Å²) in [6.07, 6.45) is 9.55. The highest BCUT2D eigenvalue weighted by Crippen LogP contribution is 2.34. The van der Waals surface area contributed by atoms with Crippen LogP contribution in [0.2, 0.25) is 18.1 Å². The molecule has 1 aliphatic carbocycles. The third-order valence-corrected chi connectivity index (χ3v) is 11.1. The second kappa shape index (κ2) is 10.6. The topological polar surface area (TPSA) is 9.23 Å². The van der Waals surface area contributed by atoms with Crippen LogP contribution in [0.1, 0.15) is 71.3 Å². The lowest BCUT2D eigenvalue weighted by atomic mass is 9.83. The average molecular weight is 383 g/mol. The van der Waals surface area contributed by atoms with Crippen LogP contribution in [0.25, 0.3) is 0 Å². The lowest BCUT2D eigenvalue weighted by Crippen LogP contribution is -2.43. The van der Waals surface area contributed by atoms with E-state index in [-0.39, 0.29) is 0 Å². The van der Waals surface area contributed by atoms with Crippen LogP contribution in [-0.2, 0) is 10.8 Å². The molecule has 1 aliphatic rings. The van der Waals surface area contributed by atoms with Crippen LogP contribution in [0, 0.1) is 17.6 Å². The SMILES string of the molecule is CC[Si](CC)(CC)OC(CCCc1cc(F)cc(F)c1)C1CCCCC1. The maximum absolute atomic E-state index is 13.4. The first-order chi connectivity index (χ1) is 12.5. The zero-order valence-corrected chi connectivity index (χ0v) is 17.8. The molecule has 0 N–H and O–H groups in total. The van der Waals surface area contributed by atoms with E-state index in [0.717, 1.165) is 30.9 Å². The standard InChI is InChI=1S/C22H36F2OSi/c1-4-26(5-2,6-3)25-22(19-12-8-7-9-13-19)14-10-11-18-15-20(23)17-21(24)16-18/h15-17,19,22H,4-14H2,1-3H3. The molecule has 0 heterocycles. The quantitative estimate of drug-likeness (QED) is 0.387. The van der Waals surface area contributed by atoms with Gasteiger partial charge in [0.25, 0.3) is 0 Å². The summed E-state index contributed by atoms with van der Waals surface area (Å²) in [4.78, 5) is 0. The van der Waals surface area contributed by atoms with Gasteiger partial charge in [0.1, 0.15) is 11.6 Å². The predicted octanol–water partition coefficient (Wildman–Crippen LogP) is 7.26. The summed E-state index contributed by atoms with van der Waals surface area (Å²) < 4.78 is 33.7. The molecule has 4 heteroatoms. The molecule has 2 rings (SSSR count). The zero-order valence-electron chi connectivity index (χ0n) is 16.8. The smallest absolute Gasteiger partial charge is 0.192 e. The van der Waals surface area contributed by atoms with Crippen molar-refractivity contribution in [1.82, 2.24) is 0 Å². The van der Waals surface area contributed by atoms with Gasteiger partial charge in [0, 0.05) is 12.2 Å². The monoisotopic (exact) mass is 382 g/mol. The maximum atomic E-state index is 13.4. The summed E-state index contributed by atoms with van der Waals surface area (Å²) in [5.74, 6) is -0.284. The van der Waals surface area contributed by atoms with Crippen LogP contribution in [-0.4, -0.2) is 14.4 Å². The van der Waals surface area contributed by atoms with Crippen molar-refractivity contribution in [2.75, 3.05) is 0 Å². The molecule has 1 saturated carbocycles. The first kappa shape index (κ1) is 21.6. The molecule has 1 atom stereocenters. The Morgan fingerprint density at radius 2 is 1.54 bits per heavy atom. The summed E-state index contributed by atoms with van der Waals surface area (Å²) in [6, 6.07) is 7.40. The molecule has 0 spiro atoms. The molecule has 0 amide bonds. The van der Waals surface area contributed by atoms with Gasteiger partial charge in [-0.3, -0.25) is 0 Å². The van der Waals surface area contributed by atoms with Gasteiger partial charge in [0.15, 0.2) is 8.32 Å². The van der Waals surface area contributed by atoms with E-state index < -0.39 is 20.0 Å². The fourth-order valence-corrected chi connectivity index (χ4v) is 7.43. The van der Waals surface area contributed by atoms with Crippen molar-refractivity contribution in [2.45, 2.75) is 96.4 Å². The minimum absolute atomic E-state index is 0.334. The molecule has 1 unspecified atom stereocenters. The van der Waals surface area contributed by atoms with Crippen LogP contribution in [0.15, 0.2) is 18.2 Å². The van der Waals surface area contributed by atoms with Crippen molar-refractivity contribution in [3.05, 3.63) is 35.4 Å². The van der Waals surface area contributed by atoms with Gasteiger partial charge in [-0.25, -0.2) is 8.78 Å². The third-order valence-electron chi connectivity index (χ3n) is 6.39. The molecule has 26 heavy (non-hydrogen) atoms. The Morgan fingerprint density at radius 3 is 2.08 bits per heavy atom. The summed E-state index contributed by atoms with van der Waals surface area (Å²) in [5, 5.41) is 0. The molecule has 0 saturated heterocycles. The second-order valence-electron chi connectivity index (χ2n) is 7.97. The van der Waals surface area contributed by atoms with Gasteiger partial charge in [-0.1, -0.05) is 40.0 Å². The van der Waals surface area contributed by atoms with E-state index in [1.807, 2.05) is 0 Å². The van der Waals surface area contributed by atoms with Crippen molar-refractivity contribution in [2.24, 2.45) is 5.92 Å². The van der Waals surface area contributed by atoms with Crippen LogP contribution in [0.3, 0.4) is 0 Å². The number of halogens is 2. The van der Waals surface area contributed by atoms with Crippen LogP contribution in [0.5, 0.6) is 0 Å². The minimum Gasteiger partial charge on any atom is -0.414 e. The first-order valence-electron chi connectivity index (χ1n) is 10.6. The fourth-order valence-electron chi connectivity index (χ4n) is 4.48. The van der Waals surface area contributed by atoms with Crippen molar-refractivity contribution < 1.29 is 13.2 Å². The van der Waals surface area contributed by atoms with Crippen LogP contribution in [0.4, 0.5) is 8.78 Å². The molecule has 0 bridgehead atoms. The molecule has 0 aliphatic heterocycles. The highest BCUT2D eigenvalue weighted by atomic mass is 28.4. The largest absolute Gasteiger partial charge is 0.414 e. The highest BCUT2D eigenvalue weighted by Gasteiger charge is 2.35. The van der Waals surface area contributed by atoms with E-state index >= 15 is 0 Å². The Labute approximate surface area is 159 Å². The van der Waals surface area contributed by atoms with Gasteiger partial charge < -0.3 is 4.43 Å². The number of hydrogen-bond acceptors (Lipinski definition) is 1. The molecule has 1 aromatic rings. The summed E-state index contributed by atoms with van der Waals surface area (Å²) in [6.45, 7) is 6.85. The number of rotatable bonds is 10. The fraction of sp³-hybridized carbons (Fsp3) is 0.727. The van der Waals surface area contributed by atoms with Gasteiger partial charge in [-0.05, 0) is 73.9 Å². The van der Waals surface area contributed by atoms with Crippen molar-refractivity contribution in [1.29, 1.82) is 0 Å². The molecular weight excluding hydrogens is 346 g/mol. The van der Waals surface area contributed by atoms with Crippen LogP contribution < -0.4 is 0 Å². The molecule has 1 aromatic carbocycles. The molecule has 1 fully saturated rings. The number of aryl methyl sites for hydroxylation is 1.